The normalized spacial score (nSPS) is 18.7. The predicted octanol–water partition coefficient (Wildman–Crippen LogP) is 2.82. The number of benzene rings is 1. The van der Waals surface area contributed by atoms with Crippen LogP contribution in [-0.4, -0.2) is 27.0 Å². The van der Waals surface area contributed by atoms with Crippen LogP contribution in [-0.2, 0) is 18.6 Å². The van der Waals surface area contributed by atoms with Gasteiger partial charge in [0.2, 0.25) is 5.91 Å². The van der Waals surface area contributed by atoms with E-state index in [0.717, 1.165) is 19.4 Å². The van der Waals surface area contributed by atoms with E-state index in [1.54, 1.807) is 13.0 Å². The largest absolute Gasteiger partial charge is 0.378 e. The van der Waals surface area contributed by atoms with Crippen molar-refractivity contribution in [3.8, 4) is 0 Å². The van der Waals surface area contributed by atoms with Gasteiger partial charge >= 0.3 is 0 Å². The van der Waals surface area contributed by atoms with Crippen LogP contribution in [0.25, 0.3) is 0 Å². The van der Waals surface area contributed by atoms with Crippen LogP contribution in [0.5, 0.6) is 0 Å². The number of nitrogens with one attached hydrogen (secondary N) is 1. The van der Waals surface area contributed by atoms with E-state index in [9.17, 15) is 13.2 Å². The Bertz CT molecular complexity index is 624. The number of halogens is 1. The van der Waals surface area contributed by atoms with E-state index in [4.69, 9.17) is 15.4 Å². The summed E-state index contributed by atoms with van der Waals surface area (Å²) < 4.78 is 28.1. The van der Waals surface area contributed by atoms with Crippen molar-refractivity contribution in [3.05, 3.63) is 23.8 Å². The van der Waals surface area contributed by atoms with Gasteiger partial charge in [0.15, 0.2) is 0 Å². The number of rotatable bonds is 5. The topological polar surface area (TPSA) is 72.5 Å². The molecule has 0 radical (unpaired) electrons. The molecular weight excluding hydrogens is 314 g/mol. The van der Waals surface area contributed by atoms with Crippen LogP contribution in [0.4, 0.5) is 5.69 Å². The third-order valence-electron chi connectivity index (χ3n) is 3.44. The number of carbonyl (C=O) groups is 1. The molecule has 1 atom stereocenters. The zero-order valence-electron chi connectivity index (χ0n) is 11.8. The molecular formula is C14H18ClNO4S. The van der Waals surface area contributed by atoms with E-state index < -0.39 is 9.05 Å². The quantitative estimate of drug-likeness (QED) is 0.842. The highest BCUT2D eigenvalue weighted by Gasteiger charge is 2.17. The maximum Gasteiger partial charge on any atom is 0.261 e. The van der Waals surface area contributed by atoms with Gasteiger partial charge in [0, 0.05) is 29.4 Å². The number of amides is 1. The highest BCUT2D eigenvalue weighted by Crippen LogP contribution is 2.23. The number of ether oxygens (including phenoxy) is 1. The Morgan fingerprint density at radius 2 is 2.24 bits per heavy atom. The van der Waals surface area contributed by atoms with Gasteiger partial charge in [0.05, 0.1) is 11.0 Å². The lowest BCUT2D eigenvalue weighted by molar-refractivity contribution is -0.116. The fourth-order valence-corrected chi connectivity index (χ4v) is 3.58. The lowest BCUT2D eigenvalue weighted by Crippen LogP contribution is -2.15. The van der Waals surface area contributed by atoms with E-state index in [2.05, 4.69) is 5.32 Å². The van der Waals surface area contributed by atoms with Gasteiger partial charge in [0.25, 0.3) is 9.05 Å². The molecule has 1 fully saturated rings. The molecule has 1 aromatic carbocycles. The Balaban J connectivity index is 1.93. The molecule has 0 spiro atoms. The molecule has 5 nitrogen and oxygen atoms in total. The smallest absolute Gasteiger partial charge is 0.261 e. The molecule has 1 saturated heterocycles. The summed E-state index contributed by atoms with van der Waals surface area (Å²) in [6, 6.07) is 4.53. The minimum atomic E-state index is -3.76. The van der Waals surface area contributed by atoms with E-state index in [0.29, 0.717) is 24.1 Å². The van der Waals surface area contributed by atoms with Crippen LogP contribution < -0.4 is 5.32 Å². The molecule has 7 heteroatoms. The zero-order valence-corrected chi connectivity index (χ0v) is 13.3. The van der Waals surface area contributed by atoms with Crippen LogP contribution in [0.1, 0.15) is 31.2 Å². The number of hydrogen-bond donors (Lipinski definition) is 1. The SMILES string of the molecule is Cc1cc(NC(=O)CCC2CCCO2)ccc1S(=O)(=O)Cl. The molecule has 1 unspecified atom stereocenters. The summed E-state index contributed by atoms with van der Waals surface area (Å²) in [5.74, 6) is -0.105. The van der Waals surface area contributed by atoms with Gasteiger partial charge in [-0.15, -0.1) is 0 Å². The molecule has 0 aromatic heterocycles. The first-order valence-electron chi connectivity index (χ1n) is 6.83. The van der Waals surface area contributed by atoms with Crippen molar-refractivity contribution in [3.63, 3.8) is 0 Å². The van der Waals surface area contributed by atoms with Gasteiger partial charge in [0.1, 0.15) is 0 Å². The molecule has 1 aromatic rings. The first kappa shape index (κ1) is 16.3. The standard InChI is InChI=1S/C14H18ClNO4S/c1-10-9-11(4-6-13(10)21(15,18)19)16-14(17)7-5-12-3-2-8-20-12/h4,6,9,12H,2-3,5,7-8H2,1H3,(H,16,17). The molecule has 116 valence electrons. The molecule has 1 aliphatic heterocycles. The molecule has 1 amide bonds. The summed E-state index contributed by atoms with van der Waals surface area (Å²) in [4.78, 5) is 11.9. The van der Waals surface area contributed by atoms with Crippen molar-refractivity contribution in [2.75, 3.05) is 11.9 Å². The summed E-state index contributed by atoms with van der Waals surface area (Å²) in [5.41, 5.74) is 1.07. The Labute approximate surface area is 129 Å². The number of anilines is 1. The number of hydrogen-bond acceptors (Lipinski definition) is 4. The minimum absolute atomic E-state index is 0.0570. The molecule has 1 aliphatic rings. The Hall–Kier alpha value is -1.11. The molecule has 1 heterocycles. The summed E-state index contributed by atoms with van der Waals surface area (Å²) >= 11 is 0. The predicted molar refractivity (Wildman–Crippen MR) is 81.1 cm³/mol. The van der Waals surface area contributed by atoms with Crippen molar-refractivity contribution in [1.29, 1.82) is 0 Å². The third-order valence-corrected chi connectivity index (χ3v) is 4.92. The van der Waals surface area contributed by atoms with Crippen LogP contribution in [0.2, 0.25) is 0 Å². The van der Waals surface area contributed by atoms with E-state index >= 15 is 0 Å². The van der Waals surface area contributed by atoms with Gasteiger partial charge in [-0.2, -0.15) is 0 Å². The molecule has 0 saturated carbocycles. The average Bonchev–Trinajstić information content (AvgIpc) is 2.88. The molecule has 0 bridgehead atoms. The van der Waals surface area contributed by atoms with Crippen molar-refractivity contribution in [2.45, 2.75) is 43.6 Å². The van der Waals surface area contributed by atoms with Crippen molar-refractivity contribution < 1.29 is 17.9 Å². The fourth-order valence-electron chi connectivity index (χ4n) is 2.39. The van der Waals surface area contributed by atoms with Gasteiger partial charge in [-0.25, -0.2) is 8.42 Å². The summed E-state index contributed by atoms with van der Waals surface area (Å²) in [6.45, 7) is 2.41. The Morgan fingerprint density at radius 1 is 1.48 bits per heavy atom. The average molecular weight is 332 g/mol. The number of aryl methyl sites for hydroxylation is 1. The maximum absolute atomic E-state index is 11.9. The number of carbonyl (C=O) groups excluding carboxylic acids is 1. The second-order valence-electron chi connectivity index (χ2n) is 5.14. The van der Waals surface area contributed by atoms with E-state index in [1.165, 1.54) is 12.1 Å². The summed E-state index contributed by atoms with van der Waals surface area (Å²) in [7, 11) is 1.56. The van der Waals surface area contributed by atoms with Gasteiger partial charge < -0.3 is 10.1 Å². The highest BCUT2D eigenvalue weighted by atomic mass is 35.7. The highest BCUT2D eigenvalue weighted by molar-refractivity contribution is 8.13. The third kappa shape index (κ3) is 4.69. The van der Waals surface area contributed by atoms with E-state index in [1.807, 2.05) is 0 Å². The second-order valence-corrected chi connectivity index (χ2v) is 7.67. The summed E-state index contributed by atoms with van der Waals surface area (Å²) in [6.07, 6.45) is 3.34. The first-order valence-corrected chi connectivity index (χ1v) is 9.14. The maximum atomic E-state index is 11.9. The van der Waals surface area contributed by atoms with Gasteiger partial charge in [-0.1, -0.05) is 0 Å². The van der Waals surface area contributed by atoms with Gasteiger partial charge in [-0.3, -0.25) is 4.79 Å². The first-order chi connectivity index (χ1) is 9.86. The lowest BCUT2D eigenvalue weighted by atomic mass is 10.1. The van der Waals surface area contributed by atoms with Crippen molar-refractivity contribution >= 4 is 31.3 Å². The minimum Gasteiger partial charge on any atom is -0.378 e. The summed E-state index contributed by atoms with van der Waals surface area (Å²) in [5, 5.41) is 2.75. The molecule has 2 rings (SSSR count). The van der Waals surface area contributed by atoms with Crippen molar-refractivity contribution in [2.24, 2.45) is 0 Å². The zero-order chi connectivity index (χ0) is 15.5. The second kappa shape index (κ2) is 6.77. The molecule has 0 aliphatic carbocycles. The van der Waals surface area contributed by atoms with Gasteiger partial charge in [-0.05, 0) is 49.9 Å². The van der Waals surface area contributed by atoms with Crippen LogP contribution >= 0.6 is 10.7 Å². The van der Waals surface area contributed by atoms with Crippen LogP contribution in [0.15, 0.2) is 23.1 Å². The Kier molecular flexibility index (Phi) is 5.24. The van der Waals surface area contributed by atoms with Crippen molar-refractivity contribution in [1.82, 2.24) is 0 Å². The molecule has 1 N–H and O–H groups in total. The Morgan fingerprint density at radius 3 is 2.81 bits per heavy atom. The monoisotopic (exact) mass is 331 g/mol. The van der Waals surface area contributed by atoms with Crippen LogP contribution in [0.3, 0.4) is 0 Å². The van der Waals surface area contributed by atoms with E-state index in [-0.39, 0.29) is 16.9 Å². The fraction of sp³-hybridized carbons (Fsp3) is 0.500. The lowest BCUT2D eigenvalue weighted by Gasteiger charge is -2.10. The molecule has 21 heavy (non-hydrogen) atoms. The van der Waals surface area contributed by atoms with Crippen LogP contribution in [0, 0.1) is 6.92 Å².